The fourth-order valence-corrected chi connectivity index (χ4v) is 2.17. The molecule has 5 nitrogen and oxygen atoms in total. The third kappa shape index (κ3) is 3.48. The first-order valence-electron chi connectivity index (χ1n) is 5.56. The SMILES string of the molecule is N#Cc1ccccc1CONC(=O)c1cc(Br)c(Br)[nH]1. The molecule has 1 amide bonds. The predicted molar refractivity (Wildman–Crippen MR) is 79.6 cm³/mol. The maximum absolute atomic E-state index is 11.8. The number of nitrogens with one attached hydrogen (secondary N) is 2. The Bertz CT molecular complexity index is 657. The lowest BCUT2D eigenvalue weighted by Crippen LogP contribution is -2.24. The van der Waals surface area contributed by atoms with Gasteiger partial charge >= 0.3 is 0 Å². The van der Waals surface area contributed by atoms with Crippen LogP contribution in [-0.2, 0) is 11.4 Å². The first kappa shape index (κ1) is 14.8. The average molecular weight is 399 g/mol. The van der Waals surface area contributed by atoms with Gasteiger partial charge in [0.25, 0.3) is 5.91 Å². The highest BCUT2D eigenvalue weighted by atomic mass is 79.9. The first-order chi connectivity index (χ1) is 9.61. The molecule has 0 aliphatic heterocycles. The number of H-pyrrole nitrogens is 1. The van der Waals surface area contributed by atoms with Crippen molar-refractivity contribution in [2.75, 3.05) is 0 Å². The van der Waals surface area contributed by atoms with Gasteiger partial charge in [0.1, 0.15) is 12.3 Å². The summed E-state index contributed by atoms with van der Waals surface area (Å²) in [5.41, 5.74) is 3.91. The molecule has 102 valence electrons. The molecule has 2 rings (SSSR count). The minimum atomic E-state index is -0.397. The van der Waals surface area contributed by atoms with Crippen LogP contribution in [0, 0.1) is 11.3 Å². The van der Waals surface area contributed by atoms with E-state index < -0.39 is 5.91 Å². The quantitative estimate of drug-likeness (QED) is 0.775. The number of aromatic nitrogens is 1. The van der Waals surface area contributed by atoms with E-state index in [1.54, 1.807) is 30.3 Å². The minimum absolute atomic E-state index is 0.124. The molecule has 0 aliphatic rings. The Balaban J connectivity index is 1.93. The molecule has 0 bridgehead atoms. The lowest BCUT2D eigenvalue weighted by molar-refractivity contribution is 0.0229. The summed E-state index contributed by atoms with van der Waals surface area (Å²) in [6, 6.07) is 10.7. The highest BCUT2D eigenvalue weighted by molar-refractivity contribution is 9.13. The van der Waals surface area contributed by atoms with Crippen LogP contribution in [0.25, 0.3) is 0 Å². The van der Waals surface area contributed by atoms with E-state index in [1.807, 2.05) is 0 Å². The van der Waals surface area contributed by atoms with Crippen molar-refractivity contribution in [1.82, 2.24) is 10.5 Å². The molecule has 2 aromatic rings. The van der Waals surface area contributed by atoms with E-state index in [0.29, 0.717) is 21.4 Å². The van der Waals surface area contributed by atoms with Crippen LogP contribution in [0.1, 0.15) is 21.6 Å². The van der Waals surface area contributed by atoms with E-state index in [9.17, 15) is 4.79 Å². The van der Waals surface area contributed by atoms with Gasteiger partial charge in [-0.25, -0.2) is 5.48 Å². The van der Waals surface area contributed by atoms with Crippen LogP contribution in [-0.4, -0.2) is 10.9 Å². The third-order valence-corrected chi connectivity index (χ3v) is 4.28. The number of hydrogen-bond acceptors (Lipinski definition) is 3. The summed E-state index contributed by atoms with van der Waals surface area (Å²) < 4.78 is 1.43. The van der Waals surface area contributed by atoms with E-state index in [4.69, 9.17) is 10.1 Å². The largest absolute Gasteiger partial charge is 0.344 e. The standard InChI is InChI=1S/C13H9Br2N3O2/c14-10-5-11(17-12(10)15)13(19)18-20-7-9-4-2-1-3-8(9)6-16/h1-5,17H,7H2,(H,18,19). The summed E-state index contributed by atoms with van der Waals surface area (Å²) in [5, 5.41) is 8.93. The number of hydrogen-bond donors (Lipinski definition) is 2. The van der Waals surface area contributed by atoms with Crippen molar-refractivity contribution in [3.63, 3.8) is 0 Å². The zero-order chi connectivity index (χ0) is 14.5. The summed E-state index contributed by atoms with van der Waals surface area (Å²) in [4.78, 5) is 19.7. The number of carbonyl (C=O) groups excluding carboxylic acids is 1. The Morgan fingerprint density at radius 1 is 1.40 bits per heavy atom. The highest BCUT2D eigenvalue weighted by Gasteiger charge is 2.11. The number of carbonyl (C=O) groups is 1. The lowest BCUT2D eigenvalue weighted by Gasteiger charge is -2.06. The van der Waals surface area contributed by atoms with E-state index in [-0.39, 0.29) is 6.61 Å². The third-order valence-electron chi connectivity index (χ3n) is 2.50. The number of halogens is 2. The zero-order valence-electron chi connectivity index (χ0n) is 10.1. The molecule has 0 saturated carbocycles. The van der Waals surface area contributed by atoms with Crippen molar-refractivity contribution in [1.29, 1.82) is 5.26 Å². The summed E-state index contributed by atoms with van der Waals surface area (Å²) in [6.45, 7) is 0.124. The molecule has 1 heterocycles. The number of benzene rings is 1. The van der Waals surface area contributed by atoms with Crippen LogP contribution >= 0.6 is 31.9 Å². The summed E-state index contributed by atoms with van der Waals surface area (Å²) in [5.74, 6) is -0.397. The summed E-state index contributed by atoms with van der Waals surface area (Å²) in [7, 11) is 0. The second-order valence-electron chi connectivity index (χ2n) is 3.83. The monoisotopic (exact) mass is 397 g/mol. The van der Waals surface area contributed by atoms with Crippen LogP contribution in [0.15, 0.2) is 39.4 Å². The Hall–Kier alpha value is -1.62. The van der Waals surface area contributed by atoms with Gasteiger partial charge in [-0.15, -0.1) is 0 Å². The molecule has 2 N–H and O–H groups in total. The number of aromatic amines is 1. The van der Waals surface area contributed by atoms with Gasteiger partial charge in [0.05, 0.1) is 20.7 Å². The maximum atomic E-state index is 11.8. The molecule has 0 atom stereocenters. The molecule has 1 aromatic heterocycles. The second kappa shape index (κ2) is 6.70. The molecule has 20 heavy (non-hydrogen) atoms. The first-order valence-corrected chi connectivity index (χ1v) is 7.14. The molecule has 0 unspecified atom stereocenters. The zero-order valence-corrected chi connectivity index (χ0v) is 13.3. The van der Waals surface area contributed by atoms with Crippen LogP contribution in [0.5, 0.6) is 0 Å². The Morgan fingerprint density at radius 3 is 2.80 bits per heavy atom. The molecule has 7 heteroatoms. The topological polar surface area (TPSA) is 77.9 Å². The van der Waals surface area contributed by atoms with Gasteiger partial charge in [-0.2, -0.15) is 5.26 Å². The highest BCUT2D eigenvalue weighted by Crippen LogP contribution is 2.22. The van der Waals surface area contributed by atoms with Crippen molar-refractivity contribution in [2.24, 2.45) is 0 Å². The van der Waals surface area contributed by atoms with Gasteiger partial charge in [-0.3, -0.25) is 9.63 Å². The fraction of sp³-hybridized carbons (Fsp3) is 0.0769. The van der Waals surface area contributed by atoms with Crippen molar-refractivity contribution in [3.8, 4) is 6.07 Å². The summed E-state index contributed by atoms with van der Waals surface area (Å²) >= 11 is 6.52. The van der Waals surface area contributed by atoms with Gasteiger partial charge in [0.15, 0.2) is 0 Å². The fourth-order valence-electron chi connectivity index (χ4n) is 1.52. The van der Waals surface area contributed by atoms with Crippen LogP contribution in [0.2, 0.25) is 0 Å². The normalized spacial score (nSPS) is 10.1. The van der Waals surface area contributed by atoms with E-state index in [1.165, 1.54) is 0 Å². The minimum Gasteiger partial charge on any atom is -0.344 e. The smallest absolute Gasteiger partial charge is 0.291 e. The van der Waals surface area contributed by atoms with Crippen molar-refractivity contribution >= 4 is 37.8 Å². The number of rotatable bonds is 4. The lowest BCUT2D eigenvalue weighted by atomic mass is 10.1. The molecule has 0 spiro atoms. The van der Waals surface area contributed by atoms with Crippen LogP contribution in [0.3, 0.4) is 0 Å². The van der Waals surface area contributed by atoms with Crippen molar-refractivity contribution in [2.45, 2.75) is 6.61 Å². The number of nitriles is 1. The summed E-state index contributed by atoms with van der Waals surface area (Å²) in [6.07, 6.45) is 0. The van der Waals surface area contributed by atoms with Crippen LogP contribution < -0.4 is 5.48 Å². The van der Waals surface area contributed by atoms with Gasteiger partial charge in [0, 0.05) is 0 Å². The van der Waals surface area contributed by atoms with Gasteiger partial charge in [0.2, 0.25) is 0 Å². The van der Waals surface area contributed by atoms with Gasteiger partial charge in [-0.1, -0.05) is 18.2 Å². The Kier molecular flexibility index (Phi) is 4.95. The van der Waals surface area contributed by atoms with Gasteiger partial charge < -0.3 is 4.98 Å². The van der Waals surface area contributed by atoms with Crippen molar-refractivity contribution < 1.29 is 9.63 Å². The number of amides is 1. The maximum Gasteiger partial charge on any atom is 0.291 e. The van der Waals surface area contributed by atoms with E-state index >= 15 is 0 Å². The average Bonchev–Trinajstić information content (AvgIpc) is 2.79. The molecule has 1 aromatic carbocycles. The molecular weight excluding hydrogens is 390 g/mol. The predicted octanol–water partition coefficient (Wildman–Crippen LogP) is 3.27. The second-order valence-corrected chi connectivity index (χ2v) is 5.48. The van der Waals surface area contributed by atoms with Gasteiger partial charge in [-0.05, 0) is 49.6 Å². The van der Waals surface area contributed by atoms with Crippen molar-refractivity contribution in [3.05, 3.63) is 56.2 Å². The molecule has 0 aliphatic carbocycles. The molecule has 0 radical (unpaired) electrons. The number of hydroxylamine groups is 1. The van der Waals surface area contributed by atoms with Crippen LogP contribution in [0.4, 0.5) is 0 Å². The molecule has 0 saturated heterocycles. The van der Waals surface area contributed by atoms with E-state index in [0.717, 1.165) is 4.47 Å². The van der Waals surface area contributed by atoms with E-state index in [2.05, 4.69) is 48.4 Å². The Morgan fingerprint density at radius 2 is 2.15 bits per heavy atom. The number of nitrogens with zero attached hydrogens (tertiary/aromatic N) is 1. The molecule has 0 fully saturated rings. The Labute approximate surface area is 132 Å². The molecular formula is C13H9Br2N3O2.